The first-order valence-corrected chi connectivity index (χ1v) is 6.60. The zero-order chi connectivity index (χ0) is 13.1. The lowest BCUT2D eigenvalue weighted by atomic mass is 10.1. The van der Waals surface area contributed by atoms with Crippen LogP contribution in [0.4, 0.5) is 5.69 Å². The maximum absolute atomic E-state index is 6.02. The molecule has 2 aromatic carbocycles. The number of hydrogen-bond donors (Lipinski definition) is 1. The van der Waals surface area contributed by atoms with E-state index in [4.69, 9.17) is 23.2 Å². The zero-order valence-corrected chi connectivity index (χ0v) is 11.9. The summed E-state index contributed by atoms with van der Waals surface area (Å²) < 4.78 is 0. The molecule has 1 nitrogen and oxygen atoms in total. The van der Waals surface area contributed by atoms with Crippen molar-refractivity contribution < 1.29 is 0 Å². The van der Waals surface area contributed by atoms with Crippen LogP contribution in [-0.4, -0.2) is 0 Å². The van der Waals surface area contributed by atoms with E-state index in [2.05, 4.69) is 43.4 Å². The molecule has 0 radical (unpaired) electrons. The molecule has 1 N–H and O–H groups in total. The van der Waals surface area contributed by atoms with Gasteiger partial charge in [-0.3, -0.25) is 0 Å². The number of anilines is 1. The van der Waals surface area contributed by atoms with Crippen molar-refractivity contribution in [1.29, 1.82) is 0 Å². The van der Waals surface area contributed by atoms with Crippen molar-refractivity contribution >= 4 is 28.9 Å². The van der Waals surface area contributed by atoms with Crippen LogP contribution in [0.25, 0.3) is 0 Å². The molecule has 0 saturated heterocycles. The van der Waals surface area contributed by atoms with Crippen molar-refractivity contribution in [3.05, 3.63) is 63.6 Å². The fourth-order valence-electron chi connectivity index (χ4n) is 1.76. The Balaban J connectivity index is 2.13. The quantitative estimate of drug-likeness (QED) is 0.785. The third-order valence-corrected chi connectivity index (χ3v) is 3.62. The third-order valence-electron chi connectivity index (χ3n) is 2.88. The largest absolute Gasteiger partial charge is 0.379 e. The monoisotopic (exact) mass is 279 g/mol. The summed E-state index contributed by atoms with van der Waals surface area (Å²) in [5, 5.41) is 4.61. The summed E-state index contributed by atoms with van der Waals surface area (Å²) in [7, 11) is 0. The predicted octanol–water partition coefficient (Wildman–Crippen LogP) is 5.47. The van der Waals surface area contributed by atoms with Gasteiger partial charge in [-0.05, 0) is 43.7 Å². The topological polar surface area (TPSA) is 12.0 Å². The first-order valence-electron chi connectivity index (χ1n) is 5.84. The minimum absolute atomic E-state index is 0.183. The molecule has 0 fully saturated rings. The van der Waals surface area contributed by atoms with Crippen LogP contribution in [0, 0.1) is 6.92 Å². The second kappa shape index (κ2) is 5.64. The molecule has 2 aromatic rings. The minimum atomic E-state index is 0.183. The van der Waals surface area contributed by atoms with E-state index >= 15 is 0 Å². The molecule has 0 spiro atoms. The van der Waals surface area contributed by atoms with Crippen molar-refractivity contribution in [2.75, 3.05) is 5.32 Å². The smallest absolute Gasteiger partial charge is 0.0595 e. The highest BCUT2D eigenvalue weighted by Crippen LogP contribution is 2.27. The van der Waals surface area contributed by atoms with Crippen LogP contribution in [0.3, 0.4) is 0 Å². The van der Waals surface area contributed by atoms with Gasteiger partial charge in [0, 0.05) is 11.7 Å². The van der Waals surface area contributed by atoms with E-state index in [9.17, 15) is 0 Å². The van der Waals surface area contributed by atoms with Gasteiger partial charge in [-0.1, -0.05) is 47.0 Å². The van der Waals surface area contributed by atoms with Crippen molar-refractivity contribution in [2.24, 2.45) is 0 Å². The molecule has 1 unspecified atom stereocenters. The average molecular weight is 280 g/mol. The molecule has 0 saturated carbocycles. The lowest BCUT2D eigenvalue weighted by Crippen LogP contribution is -2.06. The molecular formula is C15H15Cl2N. The Bertz CT molecular complexity index is 535. The molecule has 2 rings (SSSR count). The van der Waals surface area contributed by atoms with Gasteiger partial charge in [-0.2, -0.15) is 0 Å². The van der Waals surface area contributed by atoms with Crippen LogP contribution in [0.2, 0.25) is 10.0 Å². The van der Waals surface area contributed by atoms with Crippen LogP contribution in [0.15, 0.2) is 42.5 Å². The highest BCUT2D eigenvalue weighted by Gasteiger charge is 2.07. The van der Waals surface area contributed by atoms with Crippen molar-refractivity contribution in [2.45, 2.75) is 19.9 Å². The molecule has 18 heavy (non-hydrogen) atoms. The van der Waals surface area contributed by atoms with Crippen LogP contribution in [0.1, 0.15) is 24.1 Å². The van der Waals surface area contributed by atoms with Crippen molar-refractivity contribution in [3.63, 3.8) is 0 Å². The molecule has 3 heteroatoms. The van der Waals surface area contributed by atoms with Crippen molar-refractivity contribution in [1.82, 2.24) is 0 Å². The van der Waals surface area contributed by atoms with Gasteiger partial charge in [0.25, 0.3) is 0 Å². The summed E-state index contributed by atoms with van der Waals surface area (Å²) in [5.41, 5.74) is 3.46. The third kappa shape index (κ3) is 3.18. The highest BCUT2D eigenvalue weighted by molar-refractivity contribution is 6.42. The van der Waals surface area contributed by atoms with E-state index in [-0.39, 0.29) is 6.04 Å². The fraction of sp³-hybridized carbons (Fsp3) is 0.200. The lowest BCUT2D eigenvalue weighted by Gasteiger charge is -2.16. The van der Waals surface area contributed by atoms with Gasteiger partial charge in [-0.25, -0.2) is 0 Å². The fourth-order valence-corrected chi connectivity index (χ4v) is 2.07. The summed E-state index contributed by atoms with van der Waals surface area (Å²) in [6.45, 7) is 4.17. The summed E-state index contributed by atoms with van der Waals surface area (Å²) >= 11 is 11.9. The lowest BCUT2D eigenvalue weighted by molar-refractivity contribution is 0.885. The van der Waals surface area contributed by atoms with Crippen LogP contribution < -0.4 is 5.32 Å². The Labute approximate surface area is 118 Å². The van der Waals surface area contributed by atoms with E-state index in [1.54, 1.807) is 0 Å². The standard InChI is InChI=1S/C15H15Cl2N/c1-10-3-6-13(7-4-10)18-11(2)12-5-8-14(16)15(17)9-12/h3-9,11,18H,1-2H3. The van der Waals surface area contributed by atoms with Gasteiger partial charge in [0.1, 0.15) is 0 Å². The summed E-state index contributed by atoms with van der Waals surface area (Å²) in [5.74, 6) is 0. The van der Waals surface area contributed by atoms with Crippen LogP contribution in [0.5, 0.6) is 0 Å². The van der Waals surface area contributed by atoms with E-state index in [1.807, 2.05) is 18.2 Å². The Morgan fingerprint density at radius 3 is 2.22 bits per heavy atom. The maximum Gasteiger partial charge on any atom is 0.0595 e. The van der Waals surface area contributed by atoms with Gasteiger partial charge in [0.15, 0.2) is 0 Å². The maximum atomic E-state index is 6.02. The second-order valence-corrected chi connectivity index (χ2v) is 5.22. The number of hydrogen-bond acceptors (Lipinski definition) is 1. The van der Waals surface area contributed by atoms with E-state index in [0.29, 0.717) is 10.0 Å². The zero-order valence-electron chi connectivity index (χ0n) is 10.4. The molecule has 0 amide bonds. The second-order valence-electron chi connectivity index (χ2n) is 4.41. The first kappa shape index (κ1) is 13.3. The van der Waals surface area contributed by atoms with Crippen LogP contribution in [-0.2, 0) is 0 Å². The van der Waals surface area contributed by atoms with Crippen molar-refractivity contribution in [3.8, 4) is 0 Å². The van der Waals surface area contributed by atoms with Crippen LogP contribution >= 0.6 is 23.2 Å². The number of benzene rings is 2. The van der Waals surface area contributed by atoms with Gasteiger partial charge < -0.3 is 5.32 Å². The molecule has 0 bridgehead atoms. The Kier molecular flexibility index (Phi) is 4.15. The molecule has 0 aliphatic carbocycles. The van der Waals surface area contributed by atoms with Gasteiger partial charge >= 0.3 is 0 Å². The molecule has 0 aromatic heterocycles. The van der Waals surface area contributed by atoms with E-state index in [1.165, 1.54) is 5.56 Å². The first-order chi connectivity index (χ1) is 8.56. The molecule has 94 valence electrons. The Morgan fingerprint density at radius 1 is 0.944 bits per heavy atom. The van der Waals surface area contributed by atoms with E-state index in [0.717, 1.165) is 11.3 Å². The molecule has 0 aliphatic heterocycles. The molecule has 0 aliphatic rings. The summed E-state index contributed by atoms with van der Waals surface area (Å²) in [6, 6.07) is 14.2. The van der Waals surface area contributed by atoms with Gasteiger partial charge in [-0.15, -0.1) is 0 Å². The normalized spacial score (nSPS) is 12.2. The Morgan fingerprint density at radius 2 is 1.61 bits per heavy atom. The Hall–Kier alpha value is -1.18. The number of rotatable bonds is 3. The van der Waals surface area contributed by atoms with Gasteiger partial charge in [0.05, 0.1) is 10.0 Å². The number of nitrogens with one attached hydrogen (secondary N) is 1. The average Bonchev–Trinajstić information content (AvgIpc) is 2.35. The summed E-state index contributed by atoms with van der Waals surface area (Å²) in [6.07, 6.45) is 0. The number of aryl methyl sites for hydroxylation is 1. The molecular weight excluding hydrogens is 265 g/mol. The summed E-state index contributed by atoms with van der Waals surface area (Å²) in [4.78, 5) is 0. The van der Waals surface area contributed by atoms with Gasteiger partial charge in [0.2, 0.25) is 0 Å². The van der Waals surface area contributed by atoms with E-state index < -0.39 is 0 Å². The SMILES string of the molecule is Cc1ccc(NC(C)c2ccc(Cl)c(Cl)c2)cc1. The predicted molar refractivity (Wildman–Crippen MR) is 79.7 cm³/mol. The molecule has 0 heterocycles. The highest BCUT2D eigenvalue weighted by atomic mass is 35.5. The molecule has 1 atom stereocenters. The minimum Gasteiger partial charge on any atom is -0.379 e. The number of halogens is 2.